The molecule has 2 aromatic rings. The van der Waals surface area contributed by atoms with E-state index in [0.29, 0.717) is 35.1 Å². The van der Waals surface area contributed by atoms with E-state index in [1.54, 1.807) is 19.4 Å². The van der Waals surface area contributed by atoms with Crippen LogP contribution in [0.15, 0.2) is 42.1 Å². The predicted molar refractivity (Wildman–Crippen MR) is 98.1 cm³/mol. The molecule has 0 aliphatic rings. The lowest BCUT2D eigenvalue weighted by Gasteiger charge is -2.12. The summed E-state index contributed by atoms with van der Waals surface area (Å²) < 4.78 is 5.28. The highest BCUT2D eigenvalue weighted by Gasteiger charge is 2.09. The van der Waals surface area contributed by atoms with Gasteiger partial charge in [-0.3, -0.25) is 0 Å². The quantitative estimate of drug-likeness (QED) is 0.258. The van der Waals surface area contributed by atoms with Gasteiger partial charge in [0, 0.05) is 18.8 Å². The molecule has 8 heteroatoms. The Morgan fingerprint density at radius 2 is 2.08 bits per heavy atom. The zero-order valence-electron chi connectivity index (χ0n) is 13.3. The van der Waals surface area contributed by atoms with Gasteiger partial charge in [0.2, 0.25) is 0 Å². The molecular formula is C16H21N7O. The Kier molecular flexibility index (Phi) is 5.58. The molecule has 24 heavy (non-hydrogen) atoms. The van der Waals surface area contributed by atoms with E-state index < -0.39 is 0 Å². The molecule has 0 amide bonds. The van der Waals surface area contributed by atoms with Crippen molar-refractivity contribution < 1.29 is 4.74 Å². The van der Waals surface area contributed by atoms with Crippen LogP contribution in [-0.4, -0.2) is 18.3 Å². The number of para-hydroxylation sites is 2. The van der Waals surface area contributed by atoms with E-state index in [0.717, 1.165) is 11.3 Å². The lowest BCUT2D eigenvalue weighted by molar-refractivity contribution is 0.417. The number of nitrogens with two attached hydrogens (primary N) is 3. The molecule has 0 aliphatic heterocycles. The third kappa shape index (κ3) is 3.93. The summed E-state index contributed by atoms with van der Waals surface area (Å²) in [4.78, 5) is 4.01. The minimum absolute atomic E-state index is 0.300. The second kappa shape index (κ2) is 7.84. The monoisotopic (exact) mass is 327 g/mol. The van der Waals surface area contributed by atoms with Gasteiger partial charge in [0.25, 0.3) is 0 Å². The largest absolute Gasteiger partial charge is 0.495 e. The van der Waals surface area contributed by atoms with E-state index in [9.17, 15) is 0 Å². The van der Waals surface area contributed by atoms with Crippen molar-refractivity contribution in [1.29, 1.82) is 5.41 Å². The minimum atomic E-state index is 0.300. The summed E-state index contributed by atoms with van der Waals surface area (Å²) in [5, 5.41) is 10.7. The molecule has 0 unspecified atom stereocenters. The summed E-state index contributed by atoms with van der Waals surface area (Å²) in [6, 6.07) is 9.17. The van der Waals surface area contributed by atoms with Crippen molar-refractivity contribution in [3.63, 3.8) is 0 Å². The number of aromatic nitrogens is 1. The van der Waals surface area contributed by atoms with Crippen LogP contribution in [0.5, 0.6) is 5.75 Å². The third-order valence-corrected chi connectivity index (χ3v) is 3.40. The first-order valence-electron chi connectivity index (χ1n) is 7.19. The molecule has 0 saturated heterocycles. The molecule has 126 valence electrons. The number of nitrogens with one attached hydrogen (secondary N) is 3. The van der Waals surface area contributed by atoms with Gasteiger partial charge < -0.3 is 32.4 Å². The van der Waals surface area contributed by atoms with Crippen LogP contribution < -0.4 is 32.8 Å². The van der Waals surface area contributed by atoms with E-state index >= 15 is 0 Å². The van der Waals surface area contributed by atoms with E-state index in [1.807, 2.05) is 24.3 Å². The van der Waals surface area contributed by atoms with Crippen LogP contribution in [0.3, 0.4) is 0 Å². The van der Waals surface area contributed by atoms with Gasteiger partial charge in [-0.15, -0.1) is 0 Å². The zero-order valence-corrected chi connectivity index (χ0v) is 13.3. The first kappa shape index (κ1) is 17.1. The highest BCUT2D eigenvalue weighted by molar-refractivity contribution is 5.79. The molecular weight excluding hydrogens is 306 g/mol. The second-order valence-corrected chi connectivity index (χ2v) is 5.00. The normalized spacial score (nSPS) is 11.0. The Morgan fingerprint density at radius 3 is 2.75 bits per heavy atom. The van der Waals surface area contributed by atoms with Gasteiger partial charge in [0.05, 0.1) is 18.5 Å². The number of methoxy groups -OCH3 is 1. The number of nitrogen functional groups attached to an aromatic ring is 3. The Bertz CT molecular complexity index is 758. The minimum Gasteiger partial charge on any atom is -0.495 e. The first-order chi connectivity index (χ1) is 11.6. The van der Waals surface area contributed by atoms with Gasteiger partial charge in [-0.1, -0.05) is 12.1 Å². The predicted octanol–water partition coefficient (Wildman–Crippen LogP) is 1.73. The van der Waals surface area contributed by atoms with E-state index in [-0.39, 0.29) is 0 Å². The molecule has 0 aliphatic carbocycles. The van der Waals surface area contributed by atoms with E-state index in [1.165, 1.54) is 6.21 Å². The van der Waals surface area contributed by atoms with Crippen molar-refractivity contribution in [3.8, 4) is 5.75 Å². The molecule has 2 rings (SSSR count). The highest BCUT2D eigenvalue weighted by Crippen LogP contribution is 2.26. The molecule has 0 atom stereocenters. The molecule has 0 fully saturated rings. The summed E-state index contributed by atoms with van der Waals surface area (Å²) in [5.74, 6) is 6.71. The number of rotatable bonds is 7. The number of ether oxygens (including phenoxy) is 1. The molecule has 0 spiro atoms. The fraction of sp³-hybridized carbons (Fsp3) is 0.125. The summed E-state index contributed by atoms with van der Waals surface area (Å²) >= 11 is 0. The fourth-order valence-corrected chi connectivity index (χ4v) is 2.18. The van der Waals surface area contributed by atoms with Gasteiger partial charge >= 0.3 is 0 Å². The lowest BCUT2D eigenvalue weighted by atomic mass is 10.1. The number of hydrogen-bond acceptors (Lipinski definition) is 8. The van der Waals surface area contributed by atoms with Crippen LogP contribution in [0, 0.1) is 5.41 Å². The molecule has 0 radical (unpaired) electrons. The summed E-state index contributed by atoms with van der Waals surface area (Å²) in [7, 11) is 1.60. The topological polar surface area (TPSA) is 148 Å². The van der Waals surface area contributed by atoms with Gasteiger partial charge in [0.15, 0.2) is 5.82 Å². The second-order valence-electron chi connectivity index (χ2n) is 5.00. The molecule has 1 aromatic heterocycles. The van der Waals surface area contributed by atoms with Crippen LogP contribution in [0.1, 0.15) is 5.56 Å². The number of pyridine rings is 1. The Morgan fingerprint density at radius 1 is 1.33 bits per heavy atom. The van der Waals surface area contributed by atoms with Crippen molar-refractivity contribution >= 4 is 29.2 Å². The van der Waals surface area contributed by atoms with Crippen molar-refractivity contribution in [2.24, 2.45) is 5.84 Å². The number of hydrazine groups is 1. The van der Waals surface area contributed by atoms with Gasteiger partial charge in [0.1, 0.15) is 11.6 Å². The molecule has 1 heterocycles. The number of benzene rings is 1. The van der Waals surface area contributed by atoms with Gasteiger partial charge in [-0.05, 0) is 29.3 Å². The van der Waals surface area contributed by atoms with Gasteiger partial charge in [-0.2, -0.15) is 0 Å². The van der Waals surface area contributed by atoms with Crippen molar-refractivity contribution in [2.45, 2.75) is 6.42 Å². The summed E-state index contributed by atoms with van der Waals surface area (Å²) in [6.07, 6.45) is 3.36. The maximum atomic E-state index is 7.60. The van der Waals surface area contributed by atoms with Crippen LogP contribution in [0.4, 0.5) is 23.0 Å². The average molecular weight is 327 g/mol. The Hall–Kier alpha value is -3.26. The average Bonchev–Trinajstić information content (AvgIpc) is 2.61. The third-order valence-electron chi connectivity index (χ3n) is 3.40. The molecule has 8 nitrogen and oxygen atoms in total. The van der Waals surface area contributed by atoms with Crippen LogP contribution in [0.25, 0.3) is 0 Å². The molecule has 0 saturated carbocycles. The first-order valence-corrected chi connectivity index (χ1v) is 7.19. The van der Waals surface area contributed by atoms with E-state index in [4.69, 9.17) is 27.5 Å². The molecule has 0 bridgehead atoms. The summed E-state index contributed by atoms with van der Waals surface area (Å²) in [5.41, 5.74) is 16.8. The number of allylic oxidation sites excluding steroid dienone is 1. The maximum absolute atomic E-state index is 7.60. The number of anilines is 4. The molecule has 1 aromatic carbocycles. The van der Waals surface area contributed by atoms with Crippen molar-refractivity contribution in [3.05, 3.63) is 47.7 Å². The van der Waals surface area contributed by atoms with Gasteiger partial charge in [-0.25, -0.2) is 10.8 Å². The SMILES string of the molecule is COc1ccccc1N/C=C(\C=N)Cc1cc(N)nc(NN)c1N. The summed E-state index contributed by atoms with van der Waals surface area (Å²) in [6.45, 7) is 0. The van der Waals surface area contributed by atoms with Crippen LogP contribution in [0.2, 0.25) is 0 Å². The van der Waals surface area contributed by atoms with Crippen LogP contribution in [-0.2, 0) is 6.42 Å². The Labute approximate surface area is 140 Å². The fourth-order valence-electron chi connectivity index (χ4n) is 2.18. The lowest BCUT2D eigenvalue weighted by Crippen LogP contribution is -2.14. The van der Waals surface area contributed by atoms with Crippen molar-refractivity contribution in [1.82, 2.24) is 4.98 Å². The number of nitrogens with zero attached hydrogens (tertiary/aromatic N) is 1. The maximum Gasteiger partial charge on any atom is 0.165 e. The molecule has 9 N–H and O–H groups in total. The van der Waals surface area contributed by atoms with Crippen LogP contribution >= 0.6 is 0 Å². The van der Waals surface area contributed by atoms with Crippen molar-refractivity contribution in [2.75, 3.05) is 29.3 Å². The number of hydrogen-bond donors (Lipinski definition) is 6. The highest BCUT2D eigenvalue weighted by atomic mass is 16.5. The Balaban J connectivity index is 2.23. The standard InChI is InChI=1S/C16H21N7O/c1-24-13-5-3-2-4-12(13)21-9-10(8-17)6-11-7-14(18)22-16(23-20)15(11)19/h2-5,7-9,17,21H,6,19-20H2,1H3,(H3,18,22,23)/b10-9-,17-8?. The van der Waals surface area contributed by atoms with E-state index in [2.05, 4.69) is 15.7 Å². The zero-order chi connectivity index (χ0) is 17.5. The smallest absolute Gasteiger partial charge is 0.165 e.